The third-order valence-electron chi connectivity index (χ3n) is 1.81. The predicted molar refractivity (Wildman–Crippen MR) is 62.0 cm³/mol. The summed E-state index contributed by atoms with van der Waals surface area (Å²) >= 11 is 0. The van der Waals surface area contributed by atoms with Crippen LogP contribution in [-0.2, 0) is 19.1 Å². The van der Waals surface area contributed by atoms with E-state index in [0.29, 0.717) is 0 Å². The van der Waals surface area contributed by atoms with Gasteiger partial charge in [0, 0.05) is 6.92 Å². The molecule has 0 spiro atoms. The van der Waals surface area contributed by atoms with E-state index in [9.17, 15) is 14.4 Å². The van der Waals surface area contributed by atoms with Crippen molar-refractivity contribution in [3.05, 3.63) is 0 Å². The van der Waals surface area contributed by atoms with Gasteiger partial charge in [0.2, 0.25) is 0 Å². The van der Waals surface area contributed by atoms with Gasteiger partial charge >= 0.3 is 18.0 Å². The molecule has 0 aromatic carbocycles. The van der Waals surface area contributed by atoms with Crippen molar-refractivity contribution in [2.24, 2.45) is 0 Å². The number of hydrogen-bond donors (Lipinski definition) is 2. The number of carbonyl (C=O) groups is 3. The summed E-state index contributed by atoms with van der Waals surface area (Å²) in [6.07, 6.45) is -0.889. The molecule has 7 heteroatoms. The van der Waals surface area contributed by atoms with E-state index in [1.165, 1.54) is 6.92 Å². The van der Waals surface area contributed by atoms with E-state index in [1.54, 1.807) is 20.8 Å². The third kappa shape index (κ3) is 6.07. The van der Waals surface area contributed by atoms with Crippen molar-refractivity contribution in [3.8, 4) is 0 Å². The van der Waals surface area contributed by atoms with Crippen LogP contribution < -0.4 is 5.32 Å². The van der Waals surface area contributed by atoms with Gasteiger partial charge in [0.25, 0.3) is 0 Å². The van der Waals surface area contributed by atoms with Crippen molar-refractivity contribution in [2.75, 3.05) is 6.61 Å². The Hall–Kier alpha value is -1.79. The van der Waals surface area contributed by atoms with Gasteiger partial charge in [-0.3, -0.25) is 4.79 Å². The molecule has 7 nitrogen and oxygen atoms in total. The lowest BCUT2D eigenvalue weighted by atomic mass is 10.1. The zero-order chi connectivity index (χ0) is 14.6. The van der Waals surface area contributed by atoms with Crippen molar-refractivity contribution in [1.82, 2.24) is 5.32 Å². The molecule has 0 aromatic rings. The molecular weight excluding hydrogens is 242 g/mol. The molecule has 0 heterocycles. The fraction of sp³-hybridized carbons (Fsp3) is 0.727. The molecule has 0 saturated carbocycles. The molecule has 0 aliphatic heterocycles. The Morgan fingerprint density at radius 1 is 1.17 bits per heavy atom. The second-order valence-corrected chi connectivity index (χ2v) is 5.04. The standard InChI is InChI=1S/C11H19NO6/c1-7(13)17-6-11(5,8(14)15)12-9(16)18-10(2,3)4/h6H2,1-5H3,(H,12,16)(H,14,15). The topological polar surface area (TPSA) is 102 Å². The average Bonchev–Trinajstić information content (AvgIpc) is 2.11. The van der Waals surface area contributed by atoms with E-state index in [1.807, 2.05) is 0 Å². The zero-order valence-corrected chi connectivity index (χ0v) is 11.2. The lowest BCUT2D eigenvalue weighted by Crippen LogP contribution is -2.56. The highest BCUT2D eigenvalue weighted by atomic mass is 16.6. The summed E-state index contributed by atoms with van der Waals surface area (Å²) in [5.74, 6) is -1.96. The molecule has 0 bridgehead atoms. The quantitative estimate of drug-likeness (QED) is 0.729. The highest BCUT2D eigenvalue weighted by Crippen LogP contribution is 2.10. The lowest BCUT2D eigenvalue weighted by Gasteiger charge is -2.27. The molecule has 1 atom stereocenters. The zero-order valence-electron chi connectivity index (χ0n) is 11.2. The fourth-order valence-electron chi connectivity index (χ4n) is 0.926. The summed E-state index contributed by atoms with van der Waals surface area (Å²) in [7, 11) is 0. The van der Waals surface area contributed by atoms with Gasteiger partial charge < -0.3 is 19.9 Å². The third-order valence-corrected chi connectivity index (χ3v) is 1.81. The molecule has 1 amide bonds. The van der Waals surface area contributed by atoms with E-state index in [4.69, 9.17) is 9.84 Å². The molecule has 0 aliphatic carbocycles. The lowest BCUT2D eigenvalue weighted by molar-refractivity contribution is -0.152. The van der Waals surface area contributed by atoms with Crippen LogP contribution in [0, 0.1) is 0 Å². The highest BCUT2D eigenvalue weighted by Gasteiger charge is 2.37. The van der Waals surface area contributed by atoms with Crippen LogP contribution in [0.2, 0.25) is 0 Å². The molecule has 0 aliphatic rings. The number of alkyl carbamates (subject to hydrolysis) is 1. The summed E-state index contributed by atoms with van der Waals surface area (Å²) in [5, 5.41) is 11.2. The molecule has 0 fully saturated rings. The Bertz CT molecular complexity index is 346. The first kappa shape index (κ1) is 16.2. The number of esters is 1. The van der Waals surface area contributed by atoms with Gasteiger partial charge in [-0.2, -0.15) is 0 Å². The monoisotopic (exact) mass is 261 g/mol. The number of ether oxygens (including phenoxy) is 2. The van der Waals surface area contributed by atoms with Gasteiger partial charge in [-0.1, -0.05) is 0 Å². The van der Waals surface area contributed by atoms with Crippen molar-refractivity contribution in [1.29, 1.82) is 0 Å². The van der Waals surface area contributed by atoms with E-state index in [0.717, 1.165) is 6.92 Å². The summed E-state index contributed by atoms with van der Waals surface area (Å²) in [6, 6.07) is 0. The van der Waals surface area contributed by atoms with Crippen LogP contribution in [0.4, 0.5) is 4.79 Å². The number of hydrogen-bond acceptors (Lipinski definition) is 5. The Morgan fingerprint density at radius 3 is 2.00 bits per heavy atom. The molecular formula is C11H19NO6. The number of carboxylic acids is 1. The number of rotatable bonds is 4. The smallest absolute Gasteiger partial charge is 0.408 e. The predicted octanol–water partition coefficient (Wildman–Crippen LogP) is 0.918. The minimum absolute atomic E-state index is 0.475. The van der Waals surface area contributed by atoms with Gasteiger partial charge in [-0.05, 0) is 27.7 Å². The Kier molecular flexibility index (Phi) is 5.13. The highest BCUT2D eigenvalue weighted by molar-refractivity contribution is 5.84. The molecule has 2 N–H and O–H groups in total. The van der Waals surface area contributed by atoms with E-state index in [2.05, 4.69) is 10.1 Å². The van der Waals surface area contributed by atoms with Gasteiger partial charge in [0.1, 0.15) is 12.2 Å². The summed E-state index contributed by atoms with van der Waals surface area (Å²) in [6.45, 7) is 6.85. The molecule has 0 radical (unpaired) electrons. The fourth-order valence-corrected chi connectivity index (χ4v) is 0.926. The first-order valence-electron chi connectivity index (χ1n) is 5.34. The van der Waals surface area contributed by atoms with Crippen LogP contribution in [0.15, 0.2) is 0 Å². The van der Waals surface area contributed by atoms with Crippen molar-refractivity contribution in [2.45, 2.75) is 45.8 Å². The largest absolute Gasteiger partial charge is 0.479 e. The minimum Gasteiger partial charge on any atom is -0.479 e. The molecule has 104 valence electrons. The Morgan fingerprint density at radius 2 is 1.67 bits per heavy atom. The molecule has 0 saturated heterocycles. The van der Waals surface area contributed by atoms with Gasteiger partial charge in [-0.15, -0.1) is 0 Å². The number of nitrogens with one attached hydrogen (secondary N) is 1. The summed E-state index contributed by atoms with van der Waals surface area (Å²) in [4.78, 5) is 33.2. The maximum absolute atomic E-state index is 11.5. The van der Waals surface area contributed by atoms with E-state index in [-0.39, 0.29) is 0 Å². The summed E-state index contributed by atoms with van der Waals surface area (Å²) in [5.41, 5.74) is -2.47. The maximum Gasteiger partial charge on any atom is 0.408 e. The molecule has 18 heavy (non-hydrogen) atoms. The number of aliphatic carboxylic acids is 1. The molecule has 0 aromatic heterocycles. The number of carboxylic acid groups (broad SMARTS) is 1. The Labute approximate surface area is 105 Å². The van der Waals surface area contributed by atoms with Gasteiger partial charge in [0.15, 0.2) is 5.54 Å². The van der Waals surface area contributed by atoms with Crippen LogP contribution in [0.25, 0.3) is 0 Å². The summed E-state index contributed by atoms with van der Waals surface area (Å²) < 4.78 is 9.55. The molecule has 0 rings (SSSR count). The van der Waals surface area contributed by atoms with Crippen LogP contribution in [0.3, 0.4) is 0 Å². The van der Waals surface area contributed by atoms with Gasteiger partial charge in [0.05, 0.1) is 0 Å². The first-order chi connectivity index (χ1) is 7.96. The Balaban J connectivity index is 4.66. The van der Waals surface area contributed by atoms with Crippen LogP contribution in [0.5, 0.6) is 0 Å². The maximum atomic E-state index is 11.5. The molecule has 1 unspecified atom stereocenters. The second kappa shape index (κ2) is 5.70. The minimum atomic E-state index is -1.73. The number of amides is 1. The first-order valence-corrected chi connectivity index (χ1v) is 5.34. The number of carbonyl (C=O) groups excluding carboxylic acids is 2. The van der Waals surface area contributed by atoms with Crippen molar-refractivity contribution >= 4 is 18.0 Å². The average molecular weight is 261 g/mol. The van der Waals surface area contributed by atoms with E-state index >= 15 is 0 Å². The van der Waals surface area contributed by atoms with Crippen LogP contribution in [-0.4, -0.2) is 40.9 Å². The SMILES string of the molecule is CC(=O)OCC(C)(NC(=O)OC(C)(C)C)C(=O)O. The van der Waals surface area contributed by atoms with Crippen molar-refractivity contribution < 1.29 is 29.0 Å². The second-order valence-electron chi connectivity index (χ2n) is 5.04. The van der Waals surface area contributed by atoms with Crippen LogP contribution in [0.1, 0.15) is 34.6 Å². The van der Waals surface area contributed by atoms with Crippen LogP contribution >= 0.6 is 0 Å². The van der Waals surface area contributed by atoms with E-state index < -0.39 is 35.8 Å². The van der Waals surface area contributed by atoms with Gasteiger partial charge in [-0.25, -0.2) is 9.59 Å². The van der Waals surface area contributed by atoms with Crippen molar-refractivity contribution in [3.63, 3.8) is 0 Å². The normalized spacial score (nSPS) is 14.3.